The quantitative estimate of drug-likeness (QED) is 0.626. The summed E-state index contributed by atoms with van der Waals surface area (Å²) < 4.78 is 5.75. The van der Waals surface area contributed by atoms with Crippen LogP contribution in [-0.2, 0) is 5.41 Å². The number of para-hydroxylation sites is 2. The molecule has 0 aliphatic rings. The summed E-state index contributed by atoms with van der Waals surface area (Å²) in [5, 5.41) is 4.34. The lowest BCUT2D eigenvalue weighted by atomic mass is 9.86. The Morgan fingerprint density at radius 1 is 1.08 bits per heavy atom. The second-order valence-corrected chi connectivity index (χ2v) is 7.33. The second-order valence-electron chi connectivity index (χ2n) is 6.92. The average Bonchev–Trinajstić information content (AvgIpc) is 2.86. The Hall–Kier alpha value is -2.26. The molecule has 1 heterocycles. The highest BCUT2D eigenvalue weighted by Gasteiger charge is 2.22. The molecule has 3 rings (SSSR count). The molecule has 0 bridgehead atoms. The highest BCUT2D eigenvalue weighted by Crippen LogP contribution is 2.33. The Balaban J connectivity index is 2.00. The molecular weight excluding hydrogens is 322 g/mol. The number of nitrogens with one attached hydrogen (secondary N) is 1. The second kappa shape index (κ2) is 5.99. The van der Waals surface area contributed by atoms with Gasteiger partial charge in [-0.25, -0.2) is 0 Å². The first kappa shape index (κ1) is 16.6. The van der Waals surface area contributed by atoms with Crippen LogP contribution in [0.4, 0.5) is 5.69 Å². The maximum Gasteiger partial charge on any atom is 0.291 e. The summed E-state index contributed by atoms with van der Waals surface area (Å²) in [6.07, 6.45) is 0. The smallest absolute Gasteiger partial charge is 0.291 e. The van der Waals surface area contributed by atoms with Crippen LogP contribution in [0.5, 0.6) is 0 Å². The number of benzene rings is 2. The number of aryl methyl sites for hydroxylation is 1. The first-order valence-corrected chi connectivity index (χ1v) is 8.25. The molecule has 0 aliphatic carbocycles. The van der Waals surface area contributed by atoms with Gasteiger partial charge in [0.05, 0.1) is 5.02 Å². The number of anilines is 1. The van der Waals surface area contributed by atoms with Gasteiger partial charge in [-0.3, -0.25) is 4.79 Å². The fourth-order valence-corrected chi connectivity index (χ4v) is 3.06. The number of rotatable bonds is 2. The highest BCUT2D eigenvalue weighted by atomic mass is 35.5. The van der Waals surface area contributed by atoms with E-state index < -0.39 is 0 Å². The van der Waals surface area contributed by atoms with Gasteiger partial charge in [-0.15, -0.1) is 0 Å². The number of fused-ring (bicyclic) bond motifs is 1. The zero-order valence-electron chi connectivity index (χ0n) is 14.2. The summed E-state index contributed by atoms with van der Waals surface area (Å²) in [5.41, 5.74) is 3.13. The molecule has 0 saturated carbocycles. The number of halogens is 1. The standard InChI is InChI=1S/C20H20ClNO2/c1-12-13-8-7-10-15(21)18(13)24-17(12)19(23)22-16-11-6-5-9-14(16)20(2,3)4/h5-11H,1-4H3,(H,22,23). The first-order valence-electron chi connectivity index (χ1n) is 7.87. The predicted octanol–water partition coefficient (Wildman–Crippen LogP) is 5.94. The molecule has 3 aromatic rings. The van der Waals surface area contributed by atoms with Crippen LogP contribution in [0.2, 0.25) is 5.02 Å². The maximum atomic E-state index is 12.7. The summed E-state index contributed by atoms with van der Waals surface area (Å²) in [7, 11) is 0. The molecule has 1 amide bonds. The van der Waals surface area contributed by atoms with E-state index in [1.54, 1.807) is 6.07 Å². The van der Waals surface area contributed by atoms with Gasteiger partial charge in [0.1, 0.15) is 0 Å². The molecule has 2 aromatic carbocycles. The average molecular weight is 342 g/mol. The number of carbonyl (C=O) groups excluding carboxylic acids is 1. The Morgan fingerprint density at radius 3 is 2.46 bits per heavy atom. The third-order valence-corrected chi connectivity index (χ3v) is 4.40. The fourth-order valence-electron chi connectivity index (χ4n) is 2.85. The van der Waals surface area contributed by atoms with Crippen molar-refractivity contribution in [2.75, 3.05) is 5.32 Å². The summed E-state index contributed by atoms with van der Waals surface area (Å²) in [6.45, 7) is 8.21. The van der Waals surface area contributed by atoms with Gasteiger partial charge in [-0.05, 0) is 30.0 Å². The Morgan fingerprint density at radius 2 is 1.79 bits per heavy atom. The molecule has 24 heavy (non-hydrogen) atoms. The molecule has 1 N–H and O–H groups in total. The fraction of sp³-hybridized carbons (Fsp3) is 0.250. The summed E-state index contributed by atoms with van der Waals surface area (Å²) in [4.78, 5) is 12.7. The number of hydrogen-bond donors (Lipinski definition) is 1. The minimum atomic E-state index is -0.267. The van der Waals surface area contributed by atoms with Crippen LogP contribution in [0.1, 0.15) is 42.5 Å². The van der Waals surface area contributed by atoms with E-state index in [9.17, 15) is 4.79 Å². The van der Waals surface area contributed by atoms with Gasteiger partial charge >= 0.3 is 0 Å². The lowest BCUT2D eigenvalue weighted by Crippen LogP contribution is -2.18. The van der Waals surface area contributed by atoms with Gasteiger partial charge in [-0.2, -0.15) is 0 Å². The molecule has 0 saturated heterocycles. The molecule has 0 fully saturated rings. The Bertz CT molecular complexity index is 919. The zero-order valence-corrected chi connectivity index (χ0v) is 15.0. The Labute approximate surface area is 146 Å². The van der Waals surface area contributed by atoms with Crippen LogP contribution < -0.4 is 5.32 Å². The normalized spacial score (nSPS) is 11.7. The van der Waals surface area contributed by atoms with Crippen LogP contribution in [0.3, 0.4) is 0 Å². The van der Waals surface area contributed by atoms with Gasteiger partial charge in [0.15, 0.2) is 11.3 Å². The van der Waals surface area contributed by atoms with Crippen molar-refractivity contribution in [3.8, 4) is 0 Å². The van der Waals surface area contributed by atoms with Crippen molar-refractivity contribution < 1.29 is 9.21 Å². The van der Waals surface area contributed by atoms with Crippen molar-refractivity contribution in [3.63, 3.8) is 0 Å². The van der Waals surface area contributed by atoms with E-state index in [4.69, 9.17) is 16.0 Å². The number of carbonyl (C=O) groups is 1. The largest absolute Gasteiger partial charge is 0.449 e. The van der Waals surface area contributed by atoms with Crippen LogP contribution in [0, 0.1) is 6.92 Å². The third kappa shape index (κ3) is 2.92. The monoisotopic (exact) mass is 341 g/mol. The van der Waals surface area contributed by atoms with Gasteiger partial charge in [0, 0.05) is 16.6 Å². The van der Waals surface area contributed by atoms with Crippen molar-refractivity contribution in [2.45, 2.75) is 33.1 Å². The topological polar surface area (TPSA) is 42.2 Å². The van der Waals surface area contributed by atoms with E-state index in [0.29, 0.717) is 16.4 Å². The molecule has 3 nitrogen and oxygen atoms in total. The molecule has 0 spiro atoms. The molecule has 0 radical (unpaired) electrons. The molecular formula is C20H20ClNO2. The zero-order chi connectivity index (χ0) is 17.5. The third-order valence-electron chi connectivity index (χ3n) is 4.11. The van der Waals surface area contributed by atoms with E-state index in [-0.39, 0.29) is 11.3 Å². The highest BCUT2D eigenvalue weighted by molar-refractivity contribution is 6.35. The Kier molecular flexibility index (Phi) is 4.14. The maximum absolute atomic E-state index is 12.7. The van der Waals surface area contributed by atoms with Crippen LogP contribution in [-0.4, -0.2) is 5.91 Å². The summed E-state index contributed by atoms with van der Waals surface area (Å²) in [5.74, 6) is 0.0262. The lowest BCUT2D eigenvalue weighted by Gasteiger charge is -2.22. The van der Waals surface area contributed by atoms with E-state index in [1.807, 2.05) is 43.3 Å². The van der Waals surface area contributed by atoms with Crippen molar-refractivity contribution in [2.24, 2.45) is 0 Å². The SMILES string of the molecule is Cc1c(C(=O)Nc2ccccc2C(C)(C)C)oc2c(Cl)cccc12. The van der Waals surface area contributed by atoms with Gasteiger partial charge in [0.2, 0.25) is 0 Å². The molecule has 4 heteroatoms. The number of amides is 1. The van der Waals surface area contributed by atoms with Gasteiger partial charge in [-0.1, -0.05) is 62.7 Å². The van der Waals surface area contributed by atoms with Crippen molar-refractivity contribution in [1.82, 2.24) is 0 Å². The van der Waals surface area contributed by atoms with Crippen LogP contribution >= 0.6 is 11.6 Å². The summed E-state index contributed by atoms with van der Waals surface area (Å²) in [6, 6.07) is 13.3. The van der Waals surface area contributed by atoms with Crippen molar-refractivity contribution >= 4 is 34.2 Å². The van der Waals surface area contributed by atoms with Crippen LogP contribution in [0.15, 0.2) is 46.9 Å². The number of hydrogen-bond acceptors (Lipinski definition) is 2. The minimum absolute atomic E-state index is 0.0733. The van der Waals surface area contributed by atoms with Gasteiger partial charge in [0.25, 0.3) is 5.91 Å². The molecule has 0 atom stereocenters. The van der Waals surface area contributed by atoms with Gasteiger partial charge < -0.3 is 9.73 Å². The van der Waals surface area contributed by atoms with E-state index in [0.717, 1.165) is 22.2 Å². The number of furan rings is 1. The molecule has 0 aliphatic heterocycles. The minimum Gasteiger partial charge on any atom is -0.449 e. The van der Waals surface area contributed by atoms with Crippen molar-refractivity contribution in [3.05, 3.63) is 64.4 Å². The van der Waals surface area contributed by atoms with E-state index in [2.05, 4.69) is 26.1 Å². The lowest BCUT2D eigenvalue weighted by molar-refractivity contribution is 0.0998. The summed E-state index contributed by atoms with van der Waals surface area (Å²) >= 11 is 6.17. The molecule has 1 aromatic heterocycles. The molecule has 124 valence electrons. The van der Waals surface area contributed by atoms with Crippen molar-refractivity contribution in [1.29, 1.82) is 0 Å². The first-order chi connectivity index (χ1) is 11.3. The molecule has 0 unspecified atom stereocenters. The van der Waals surface area contributed by atoms with E-state index in [1.165, 1.54) is 0 Å². The predicted molar refractivity (Wildman–Crippen MR) is 99.1 cm³/mol. The van der Waals surface area contributed by atoms with Crippen LogP contribution in [0.25, 0.3) is 11.0 Å². The van der Waals surface area contributed by atoms with E-state index >= 15 is 0 Å².